The average molecular weight is 496 g/mol. The van der Waals surface area contributed by atoms with Gasteiger partial charge in [0.05, 0.1) is 6.61 Å². The third kappa shape index (κ3) is 8.16. The molecule has 0 aliphatic rings. The van der Waals surface area contributed by atoms with Gasteiger partial charge in [-0.1, -0.05) is 36.4 Å². The molecular formula is C21H29IN4O2. The highest BCUT2D eigenvalue weighted by atomic mass is 127. The number of rotatable bonds is 9. The Morgan fingerprint density at radius 3 is 2.36 bits per heavy atom. The number of carbonyl (C=O) groups is 1. The highest BCUT2D eigenvalue weighted by Crippen LogP contribution is 2.17. The van der Waals surface area contributed by atoms with E-state index in [4.69, 9.17) is 4.74 Å². The fourth-order valence-electron chi connectivity index (χ4n) is 2.53. The lowest BCUT2D eigenvalue weighted by Crippen LogP contribution is -2.38. The van der Waals surface area contributed by atoms with Crippen molar-refractivity contribution in [3.05, 3.63) is 65.7 Å². The smallest absolute Gasteiger partial charge is 0.251 e. The first kappa shape index (κ1) is 23.7. The van der Waals surface area contributed by atoms with Crippen LogP contribution in [0.1, 0.15) is 29.3 Å². The molecule has 6 nitrogen and oxygen atoms in total. The number of ether oxygens (including phenoxy) is 1. The fraction of sp³-hybridized carbons (Fsp3) is 0.333. The molecule has 2 rings (SSSR count). The second kappa shape index (κ2) is 13.8. The summed E-state index contributed by atoms with van der Waals surface area (Å²) in [5, 5.41) is 9.45. The van der Waals surface area contributed by atoms with Gasteiger partial charge in [-0.15, -0.1) is 24.0 Å². The van der Waals surface area contributed by atoms with Gasteiger partial charge in [-0.3, -0.25) is 9.79 Å². The molecule has 2 aromatic rings. The number of nitrogens with zero attached hydrogens (tertiary/aromatic N) is 1. The van der Waals surface area contributed by atoms with Gasteiger partial charge < -0.3 is 20.7 Å². The zero-order valence-corrected chi connectivity index (χ0v) is 18.7. The van der Waals surface area contributed by atoms with E-state index in [1.54, 1.807) is 19.2 Å². The summed E-state index contributed by atoms with van der Waals surface area (Å²) in [6.45, 7) is 4.55. The molecule has 0 spiro atoms. The maximum atomic E-state index is 12.0. The maximum absolute atomic E-state index is 12.0. The summed E-state index contributed by atoms with van der Waals surface area (Å²) in [6, 6.07) is 17.2. The molecule has 0 radical (unpaired) electrons. The SMILES string of the molecule is CCOc1ccccc1CNC(=NC)NCCCNC(=O)c1ccccc1.I. The zero-order chi connectivity index (χ0) is 19.3. The third-order valence-electron chi connectivity index (χ3n) is 3.91. The Labute approximate surface area is 184 Å². The summed E-state index contributed by atoms with van der Waals surface area (Å²) in [5.41, 5.74) is 1.76. The molecule has 0 atom stereocenters. The molecule has 2 aromatic carbocycles. The van der Waals surface area contributed by atoms with Crippen molar-refractivity contribution in [1.29, 1.82) is 0 Å². The van der Waals surface area contributed by atoms with Gasteiger partial charge in [-0.25, -0.2) is 0 Å². The monoisotopic (exact) mass is 496 g/mol. The van der Waals surface area contributed by atoms with Crippen molar-refractivity contribution >= 4 is 35.8 Å². The molecule has 0 unspecified atom stereocenters. The van der Waals surface area contributed by atoms with Crippen LogP contribution in [0.2, 0.25) is 0 Å². The summed E-state index contributed by atoms with van der Waals surface area (Å²) < 4.78 is 5.63. The molecule has 0 saturated heterocycles. The van der Waals surface area contributed by atoms with Crippen molar-refractivity contribution < 1.29 is 9.53 Å². The van der Waals surface area contributed by atoms with Gasteiger partial charge in [-0.05, 0) is 31.5 Å². The molecule has 3 N–H and O–H groups in total. The molecule has 1 amide bonds. The van der Waals surface area contributed by atoms with Crippen molar-refractivity contribution in [1.82, 2.24) is 16.0 Å². The Bertz CT molecular complexity index is 738. The third-order valence-corrected chi connectivity index (χ3v) is 3.91. The Hall–Kier alpha value is -2.29. The fourth-order valence-corrected chi connectivity index (χ4v) is 2.53. The highest BCUT2D eigenvalue weighted by molar-refractivity contribution is 14.0. The number of carbonyl (C=O) groups excluding carboxylic acids is 1. The predicted molar refractivity (Wildman–Crippen MR) is 125 cm³/mol. The molecule has 0 saturated carbocycles. The minimum absolute atomic E-state index is 0. The lowest BCUT2D eigenvalue weighted by Gasteiger charge is -2.14. The summed E-state index contributed by atoms with van der Waals surface area (Å²) in [5.74, 6) is 1.55. The van der Waals surface area contributed by atoms with Gasteiger partial charge in [0.15, 0.2) is 5.96 Å². The van der Waals surface area contributed by atoms with Crippen molar-refractivity contribution in [2.24, 2.45) is 4.99 Å². The number of guanidine groups is 1. The van der Waals surface area contributed by atoms with Crippen LogP contribution >= 0.6 is 24.0 Å². The number of hydrogen-bond donors (Lipinski definition) is 3. The standard InChI is InChI=1S/C21H28N4O2.HI/c1-3-27-19-13-8-7-12-18(19)16-25-21(22-2)24-15-9-14-23-20(26)17-10-5-4-6-11-17;/h4-8,10-13H,3,9,14-16H2,1-2H3,(H,23,26)(H2,22,24,25);1H. The molecule has 152 valence electrons. The molecule has 7 heteroatoms. The van der Waals surface area contributed by atoms with E-state index >= 15 is 0 Å². The molecular weight excluding hydrogens is 467 g/mol. The van der Waals surface area contributed by atoms with Crippen LogP contribution in [0.15, 0.2) is 59.6 Å². The molecule has 0 aliphatic carbocycles. The van der Waals surface area contributed by atoms with Gasteiger partial charge >= 0.3 is 0 Å². The summed E-state index contributed by atoms with van der Waals surface area (Å²) in [6.07, 6.45) is 0.800. The number of nitrogens with one attached hydrogen (secondary N) is 3. The number of halogens is 1. The van der Waals surface area contributed by atoms with Gasteiger partial charge in [0.1, 0.15) is 5.75 Å². The van der Waals surface area contributed by atoms with E-state index in [0.717, 1.165) is 23.7 Å². The largest absolute Gasteiger partial charge is 0.494 e. The number of aliphatic imine (C=N–C) groups is 1. The molecule has 0 aliphatic heterocycles. The number of amides is 1. The van der Waals surface area contributed by atoms with E-state index in [2.05, 4.69) is 20.9 Å². The Morgan fingerprint density at radius 2 is 1.64 bits per heavy atom. The van der Waals surface area contributed by atoms with Crippen LogP contribution in [0, 0.1) is 0 Å². The maximum Gasteiger partial charge on any atom is 0.251 e. The number of para-hydroxylation sites is 1. The van der Waals surface area contributed by atoms with Crippen LogP contribution in [0.4, 0.5) is 0 Å². The first-order valence-electron chi connectivity index (χ1n) is 9.23. The second-order valence-electron chi connectivity index (χ2n) is 5.87. The van der Waals surface area contributed by atoms with E-state index in [1.165, 1.54) is 0 Å². The summed E-state index contributed by atoms with van der Waals surface area (Å²) in [4.78, 5) is 16.2. The Morgan fingerprint density at radius 1 is 0.964 bits per heavy atom. The molecule has 0 fully saturated rings. The van der Waals surface area contributed by atoms with Crippen molar-refractivity contribution in [3.8, 4) is 5.75 Å². The van der Waals surface area contributed by atoms with Gasteiger partial charge in [0.25, 0.3) is 5.91 Å². The van der Waals surface area contributed by atoms with Crippen LogP contribution in [-0.2, 0) is 6.54 Å². The Kier molecular flexibility index (Phi) is 11.7. The molecule has 0 heterocycles. The van der Waals surface area contributed by atoms with Gasteiger partial charge in [-0.2, -0.15) is 0 Å². The normalized spacial score (nSPS) is 10.6. The average Bonchev–Trinajstić information content (AvgIpc) is 2.71. The molecule has 28 heavy (non-hydrogen) atoms. The quantitative estimate of drug-likeness (QED) is 0.216. The second-order valence-corrected chi connectivity index (χ2v) is 5.87. The van der Waals surface area contributed by atoms with Crippen LogP contribution in [-0.4, -0.2) is 38.6 Å². The van der Waals surface area contributed by atoms with Gasteiger partial charge in [0.2, 0.25) is 0 Å². The van der Waals surface area contributed by atoms with Crippen molar-refractivity contribution in [2.45, 2.75) is 19.9 Å². The van der Waals surface area contributed by atoms with Crippen molar-refractivity contribution in [2.75, 3.05) is 26.7 Å². The number of hydrogen-bond acceptors (Lipinski definition) is 3. The van der Waals surface area contributed by atoms with E-state index in [0.29, 0.717) is 31.8 Å². The Balaban J connectivity index is 0.00000392. The van der Waals surface area contributed by atoms with E-state index in [9.17, 15) is 4.79 Å². The van der Waals surface area contributed by atoms with Crippen LogP contribution < -0.4 is 20.7 Å². The summed E-state index contributed by atoms with van der Waals surface area (Å²) in [7, 11) is 1.74. The molecule has 0 aromatic heterocycles. The minimum Gasteiger partial charge on any atom is -0.494 e. The van der Waals surface area contributed by atoms with Crippen molar-refractivity contribution in [3.63, 3.8) is 0 Å². The topological polar surface area (TPSA) is 74.8 Å². The van der Waals surface area contributed by atoms with Crippen LogP contribution in [0.3, 0.4) is 0 Å². The highest BCUT2D eigenvalue weighted by Gasteiger charge is 2.05. The lowest BCUT2D eigenvalue weighted by molar-refractivity contribution is 0.0953. The minimum atomic E-state index is -0.0503. The van der Waals surface area contributed by atoms with E-state index < -0.39 is 0 Å². The summed E-state index contributed by atoms with van der Waals surface area (Å²) >= 11 is 0. The van der Waals surface area contributed by atoms with Gasteiger partial charge in [0, 0.05) is 37.8 Å². The lowest BCUT2D eigenvalue weighted by atomic mass is 10.2. The first-order chi connectivity index (χ1) is 13.2. The van der Waals surface area contributed by atoms with E-state index in [-0.39, 0.29) is 29.9 Å². The first-order valence-corrected chi connectivity index (χ1v) is 9.23. The van der Waals surface area contributed by atoms with Crippen LogP contribution in [0.5, 0.6) is 5.75 Å². The van der Waals surface area contributed by atoms with E-state index in [1.807, 2.05) is 49.4 Å². The molecule has 0 bridgehead atoms. The zero-order valence-electron chi connectivity index (χ0n) is 16.4. The predicted octanol–water partition coefficient (Wildman–Crippen LogP) is 3.19. The number of benzene rings is 2. The van der Waals surface area contributed by atoms with Crippen LogP contribution in [0.25, 0.3) is 0 Å².